The van der Waals surface area contributed by atoms with Gasteiger partial charge in [0.15, 0.2) is 0 Å². The molecule has 25 heavy (non-hydrogen) atoms. The first kappa shape index (κ1) is 17.1. The Morgan fingerprint density at radius 2 is 1.08 bits per heavy atom. The summed E-state index contributed by atoms with van der Waals surface area (Å²) in [4.78, 5) is 0. The normalized spacial score (nSPS) is 11.0. The molecule has 3 aromatic rings. The second kappa shape index (κ2) is 7.45. The van der Waals surface area contributed by atoms with Gasteiger partial charge in [-0.1, -0.05) is 42.5 Å². The highest BCUT2D eigenvalue weighted by molar-refractivity contribution is 7.75. The lowest BCUT2D eigenvalue weighted by atomic mass is 10.3. The van der Waals surface area contributed by atoms with Crippen molar-refractivity contribution >= 4 is 18.0 Å². The molecule has 0 aliphatic rings. The minimum absolute atomic E-state index is 0.492. The molecule has 0 saturated heterocycles. The lowest BCUT2D eigenvalue weighted by Crippen LogP contribution is -2.23. The topological polar surface area (TPSA) is 44.8 Å². The molecule has 0 spiro atoms. The van der Waals surface area contributed by atoms with E-state index >= 15 is 0 Å². The monoisotopic (exact) mass is 354 g/mol. The lowest BCUT2D eigenvalue weighted by molar-refractivity contribution is 0.414. The summed E-state index contributed by atoms with van der Waals surface area (Å²) in [7, 11) is -0.405. The highest BCUT2D eigenvalue weighted by atomic mass is 31.2. The van der Waals surface area contributed by atoms with E-state index in [9.17, 15) is 4.57 Å². The summed E-state index contributed by atoms with van der Waals surface area (Å²) < 4.78 is 31.1. The number of methoxy groups -OCH3 is 2. The molecule has 3 rings (SSSR count). The highest BCUT2D eigenvalue weighted by Crippen LogP contribution is 2.49. The van der Waals surface area contributed by atoms with Crippen LogP contribution in [0.25, 0.3) is 0 Å². The third-order valence-electron chi connectivity index (χ3n) is 3.78. The van der Waals surface area contributed by atoms with Gasteiger partial charge in [0, 0.05) is 0 Å². The molecular formula is C20H19O4P. The number of hydrogen-bond donors (Lipinski definition) is 0. The van der Waals surface area contributed by atoms with Crippen LogP contribution >= 0.6 is 7.37 Å². The van der Waals surface area contributed by atoms with E-state index in [4.69, 9.17) is 14.0 Å². The SMILES string of the molecule is COc1ccccc1P(=O)(Oc1ccccc1)c1ccccc1OC. The first-order valence-corrected chi connectivity index (χ1v) is 9.43. The van der Waals surface area contributed by atoms with Crippen LogP contribution in [0.1, 0.15) is 0 Å². The van der Waals surface area contributed by atoms with Crippen molar-refractivity contribution in [1.29, 1.82) is 0 Å². The zero-order valence-electron chi connectivity index (χ0n) is 14.1. The van der Waals surface area contributed by atoms with E-state index in [2.05, 4.69) is 0 Å². The summed E-state index contributed by atoms with van der Waals surface area (Å²) in [5.41, 5.74) is 0. The summed E-state index contributed by atoms with van der Waals surface area (Å²) in [5.74, 6) is 1.53. The Bertz CT molecular complexity index is 841. The summed E-state index contributed by atoms with van der Waals surface area (Å²) in [5, 5.41) is 0.983. The molecule has 0 N–H and O–H groups in total. The predicted octanol–water partition coefficient (Wildman–Crippen LogP) is 4.01. The summed E-state index contributed by atoms with van der Waals surface area (Å²) in [6.45, 7) is 0. The number of rotatable bonds is 6. The van der Waals surface area contributed by atoms with E-state index in [0.717, 1.165) is 0 Å². The fraction of sp³-hybridized carbons (Fsp3) is 0.100. The molecule has 0 atom stereocenters. The number of hydrogen-bond acceptors (Lipinski definition) is 4. The van der Waals surface area contributed by atoms with Gasteiger partial charge >= 0.3 is 7.37 Å². The fourth-order valence-electron chi connectivity index (χ4n) is 2.60. The van der Waals surface area contributed by atoms with E-state index in [0.29, 0.717) is 27.9 Å². The molecule has 5 heteroatoms. The van der Waals surface area contributed by atoms with Gasteiger partial charge in [0.05, 0.1) is 24.8 Å². The summed E-state index contributed by atoms with van der Waals surface area (Å²) in [6.07, 6.45) is 0. The zero-order valence-corrected chi connectivity index (χ0v) is 15.0. The Morgan fingerprint density at radius 3 is 1.56 bits per heavy atom. The Labute approximate surface area is 147 Å². The van der Waals surface area contributed by atoms with Crippen LogP contribution in [0.3, 0.4) is 0 Å². The third-order valence-corrected chi connectivity index (χ3v) is 6.26. The minimum atomic E-state index is -3.50. The predicted molar refractivity (Wildman–Crippen MR) is 99.9 cm³/mol. The van der Waals surface area contributed by atoms with Gasteiger partial charge in [0.1, 0.15) is 17.2 Å². The Kier molecular flexibility index (Phi) is 5.11. The van der Waals surface area contributed by atoms with Gasteiger partial charge in [-0.2, -0.15) is 0 Å². The molecule has 0 amide bonds. The number of ether oxygens (including phenoxy) is 2. The van der Waals surface area contributed by atoms with Crippen molar-refractivity contribution in [3.63, 3.8) is 0 Å². The average molecular weight is 354 g/mol. The Morgan fingerprint density at radius 1 is 0.640 bits per heavy atom. The van der Waals surface area contributed by atoms with Crippen molar-refractivity contribution in [2.75, 3.05) is 14.2 Å². The van der Waals surface area contributed by atoms with Crippen molar-refractivity contribution in [3.8, 4) is 17.2 Å². The summed E-state index contributed by atoms with van der Waals surface area (Å²) in [6, 6.07) is 23.5. The lowest BCUT2D eigenvalue weighted by Gasteiger charge is -2.23. The van der Waals surface area contributed by atoms with Crippen LogP contribution in [0.15, 0.2) is 78.9 Å². The molecule has 4 nitrogen and oxygen atoms in total. The number of benzene rings is 3. The fourth-order valence-corrected chi connectivity index (χ4v) is 4.96. The molecular weight excluding hydrogens is 335 g/mol. The molecule has 0 aromatic heterocycles. The van der Waals surface area contributed by atoms with E-state index in [1.807, 2.05) is 42.5 Å². The molecule has 128 valence electrons. The zero-order chi connectivity index (χ0) is 17.7. The van der Waals surface area contributed by atoms with Crippen LogP contribution in [0.5, 0.6) is 17.2 Å². The van der Waals surface area contributed by atoms with E-state index in [1.54, 1.807) is 50.6 Å². The van der Waals surface area contributed by atoms with Gasteiger partial charge in [-0.05, 0) is 36.4 Å². The van der Waals surface area contributed by atoms with Crippen molar-refractivity contribution in [3.05, 3.63) is 78.9 Å². The molecule has 0 radical (unpaired) electrons. The van der Waals surface area contributed by atoms with Crippen molar-refractivity contribution < 1.29 is 18.6 Å². The van der Waals surface area contributed by atoms with Crippen molar-refractivity contribution in [2.24, 2.45) is 0 Å². The molecule has 0 heterocycles. The second-order valence-corrected chi connectivity index (χ2v) is 7.55. The summed E-state index contributed by atoms with van der Waals surface area (Å²) >= 11 is 0. The van der Waals surface area contributed by atoms with Crippen LogP contribution in [0.2, 0.25) is 0 Å². The van der Waals surface area contributed by atoms with E-state index in [-0.39, 0.29) is 0 Å². The molecule has 0 unspecified atom stereocenters. The van der Waals surface area contributed by atoms with E-state index < -0.39 is 7.37 Å². The maximum Gasteiger partial charge on any atom is 0.314 e. The molecule has 0 aliphatic carbocycles. The molecule has 0 fully saturated rings. The van der Waals surface area contributed by atoms with Gasteiger partial charge in [0.25, 0.3) is 0 Å². The van der Waals surface area contributed by atoms with Crippen LogP contribution in [0, 0.1) is 0 Å². The quantitative estimate of drug-likeness (QED) is 0.628. The Hall–Kier alpha value is -2.71. The van der Waals surface area contributed by atoms with Gasteiger partial charge in [-0.25, -0.2) is 0 Å². The number of para-hydroxylation sites is 3. The van der Waals surface area contributed by atoms with E-state index in [1.165, 1.54) is 0 Å². The maximum absolute atomic E-state index is 14.2. The highest BCUT2D eigenvalue weighted by Gasteiger charge is 2.36. The molecule has 0 bridgehead atoms. The van der Waals surface area contributed by atoms with Gasteiger partial charge < -0.3 is 14.0 Å². The van der Waals surface area contributed by atoms with Gasteiger partial charge in [-0.15, -0.1) is 0 Å². The largest absolute Gasteiger partial charge is 0.496 e. The standard InChI is InChI=1S/C20H19O4P/c1-22-17-12-6-8-14-19(17)25(21,24-16-10-4-3-5-11-16)20-15-9-7-13-18(20)23-2/h3-15H,1-2H3. The average Bonchev–Trinajstić information content (AvgIpc) is 2.68. The van der Waals surface area contributed by atoms with Crippen LogP contribution < -0.4 is 24.6 Å². The first-order chi connectivity index (χ1) is 12.2. The first-order valence-electron chi connectivity index (χ1n) is 7.81. The minimum Gasteiger partial charge on any atom is -0.496 e. The molecule has 0 saturated carbocycles. The second-order valence-electron chi connectivity index (χ2n) is 5.30. The maximum atomic E-state index is 14.2. The van der Waals surface area contributed by atoms with Crippen molar-refractivity contribution in [2.45, 2.75) is 0 Å². The van der Waals surface area contributed by atoms with Gasteiger partial charge in [0.2, 0.25) is 0 Å². The Balaban J connectivity index is 2.23. The van der Waals surface area contributed by atoms with Crippen LogP contribution in [-0.2, 0) is 4.57 Å². The molecule has 3 aromatic carbocycles. The molecule has 0 aliphatic heterocycles. The van der Waals surface area contributed by atoms with Crippen LogP contribution in [0.4, 0.5) is 0 Å². The van der Waals surface area contributed by atoms with Crippen molar-refractivity contribution in [1.82, 2.24) is 0 Å². The third kappa shape index (κ3) is 3.40. The smallest absolute Gasteiger partial charge is 0.314 e. The van der Waals surface area contributed by atoms with Gasteiger partial charge in [-0.3, -0.25) is 4.57 Å². The van der Waals surface area contributed by atoms with Crippen LogP contribution in [-0.4, -0.2) is 14.2 Å².